The number of aryl methyl sites for hydroxylation is 1. The molecule has 3 heterocycles. The first kappa shape index (κ1) is 14.6. The first-order chi connectivity index (χ1) is 10.6. The largest absolute Gasteiger partial charge is 0.446 e. The lowest BCUT2D eigenvalue weighted by molar-refractivity contribution is -0.528. The van der Waals surface area contributed by atoms with Crippen molar-refractivity contribution >= 4 is 47.4 Å². The quantitative estimate of drug-likeness (QED) is 0.452. The maximum Gasteiger partial charge on any atom is 0.207 e. The van der Waals surface area contributed by atoms with Gasteiger partial charge < -0.3 is 19.7 Å². The van der Waals surface area contributed by atoms with Gasteiger partial charge in [-0.3, -0.25) is 10.3 Å². The molecule has 7 nitrogen and oxygen atoms in total. The summed E-state index contributed by atoms with van der Waals surface area (Å²) in [7, 11) is 1.79. The third-order valence-corrected chi connectivity index (χ3v) is 3.86. The van der Waals surface area contributed by atoms with Crippen molar-refractivity contribution in [2.24, 2.45) is 12.0 Å². The van der Waals surface area contributed by atoms with Crippen LogP contribution in [0.4, 0.5) is 0 Å². The molecule has 112 valence electrons. The van der Waals surface area contributed by atoms with Crippen LogP contribution in [-0.4, -0.2) is 27.0 Å². The maximum atomic E-state index is 7.52. The van der Waals surface area contributed by atoms with Gasteiger partial charge in [-0.25, -0.2) is 4.98 Å². The molecule has 0 saturated carbocycles. The third kappa shape index (κ3) is 2.47. The van der Waals surface area contributed by atoms with Crippen molar-refractivity contribution in [2.45, 2.75) is 0 Å². The average Bonchev–Trinajstić information content (AvgIpc) is 2.83. The second-order valence-electron chi connectivity index (χ2n) is 4.48. The minimum absolute atomic E-state index is 0.327. The van der Waals surface area contributed by atoms with Gasteiger partial charge in [-0.1, -0.05) is 11.6 Å². The van der Waals surface area contributed by atoms with E-state index in [4.69, 9.17) is 34.0 Å². The number of nitrogens with one attached hydrogen (secondary N) is 2. The van der Waals surface area contributed by atoms with Crippen molar-refractivity contribution in [3.63, 3.8) is 0 Å². The lowest BCUT2D eigenvalue weighted by Gasteiger charge is -2.10. The van der Waals surface area contributed by atoms with E-state index in [1.165, 1.54) is 6.20 Å². The predicted molar refractivity (Wildman–Crippen MR) is 86.9 cm³/mol. The van der Waals surface area contributed by atoms with Gasteiger partial charge in [-0.05, 0) is 12.2 Å². The van der Waals surface area contributed by atoms with Crippen molar-refractivity contribution in [1.29, 1.82) is 5.41 Å². The van der Waals surface area contributed by atoms with Crippen molar-refractivity contribution < 1.29 is 10.1 Å². The summed E-state index contributed by atoms with van der Waals surface area (Å²) < 4.78 is 7.97. The van der Waals surface area contributed by atoms with Gasteiger partial charge in [-0.15, -0.1) is 0 Å². The summed E-state index contributed by atoms with van der Waals surface area (Å²) in [6.07, 6.45) is 7.62. The summed E-state index contributed by atoms with van der Waals surface area (Å²) in [6, 6.07) is 0. The van der Waals surface area contributed by atoms with Crippen molar-refractivity contribution in [3.8, 4) is 5.75 Å². The maximum absolute atomic E-state index is 7.52. The number of pyridine rings is 1. The highest BCUT2D eigenvalue weighted by Crippen LogP contribution is 2.31. The van der Waals surface area contributed by atoms with E-state index in [0.717, 1.165) is 6.21 Å². The van der Waals surface area contributed by atoms with E-state index in [1.807, 2.05) is 0 Å². The number of halogens is 1. The highest BCUT2D eigenvalue weighted by Gasteiger charge is 2.16. The van der Waals surface area contributed by atoms with E-state index >= 15 is 0 Å². The molecule has 0 radical (unpaired) electrons. The van der Waals surface area contributed by atoms with Crippen LogP contribution in [-0.2, 0) is 7.05 Å². The van der Waals surface area contributed by atoms with E-state index in [0.29, 0.717) is 38.2 Å². The molecular weight excluding hydrogens is 324 g/mol. The highest BCUT2D eigenvalue weighted by atomic mass is 35.5. The number of ether oxygens (including phenoxy) is 1. The molecule has 0 fully saturated rings. The third-order valence-electron chi connectivity index (χ3n) is 3.12. The van der Waals surface area contributed by atoms with Gasteiger partial charge in [0.25, 0.3) is 0 Å². The fraction of sp³-hybridized carbons (Fsp3) is 0.0769. The Kier molecular flexibility index (Phi) is 3.88. The van der Waals surface area contributed by atoms with E-state index in [-0.39, 0.29) is 0 Å². The number of allylic oxidation sites excluding steroid dienone is 2. The van der Waals surface area contributed by atoms with Crippen LogP contribution in [0.1, 0.15) is 0 Å². The number of imidazole rings is 1. The fourth-order valence-corrected chi connectivity index (χ4v) is 2.51. The average molecular weight is 336 g/mol. The molecule has 0 aromatic carbocycles. The van der Waals surface area contributed by atoms with E-state index in [2.05, 4.69) is 15.0 Å². The topological polar surface area (TPSA) is 95.7 Å². The van der Waals surface area contributed by atoms with Crippen LogP contribution in [0, 0.1) is 10.2 Å². The van der Waals surface area contributed by atoms with Crippen LogP contribution in [0.15, 0.2) is 35.0 Å². The van der Waals surface area contributed by atoms with Crippen molar-refractivity contribution in [2.75, 3.05) is 0 Å². The molecule has 0 aliphatic carbocycles. The first-order valence-corrected chi connectivity index (χ1v) is 7.09. The van der Waals surface area contributed by atoms with E-state index in [1.54, 1.807) is 35.5 Å². The summed E-state index contributed by atoms with van der Waals surface area (Å²) in [5.41, 5.74) is 1.92. The predicted octanol–water partition coefficient (Wildman–Crippen LogP) is 1.64. The number of hydrogen-bond acceptors (Lipinski definition) is 5. The number of fused-ring (bicyclic) bond motifs is 1. The Morgan fingerprint density at radius 3 is 3.09 bits per heavy atom. The Morgan fingerprint density at radius 1 is 1.59 bits per heavy atom. The Balaban J connectivity index is 2.07. The second-order valence-corrected chi connectivity index (χ2v) is 5.24. The van der Waals surface area contributed by atoms with Crippen LogP contribution in [0.5, 0.6) is 5.75 Å². The summed E-state index contributed by atoms with van der Waals surface area (Å²) >= 11 is 11.6. The molecule has 22 heavy (non-hydrogen) atoms. The Labute approximate surface area is 135 Å². The number of aliphatic imine (C=N–C) groups is 1. The van der Waals surface area contributed by atoms with Gasteiger partial charge >= 0.3 is 0 Å². The van der Waals surface area contributed by atoms with Crippen LogP contribution in [0.2, 0.25) is 5.02 Å². The molecule has 3 rings (SSSR count). The molecule has 0 saturated heterocycles. The number of H-pyrrole nitrogens is 1. The number of aromatic nitrogens is 3. The normalized spacial score (nSPS) is 16.1. The molecule has 0 spiro atoms. The summed E-state index contributed by atoms with van der Waals surface area (Å²) in [4.78, 5) is 11.2. The second kappa shape index (κ2) is 5.84. The first-order valence-electron chi connectivity index (χ1n) is 6.30. The standard InChI is InChI=1S/C13H11ClN6OS/c1-20-11-10(14)9(6-18-12(11)19-13(20)22)21-8(4-15)7-5-16-2-3-17-7/h2-6,15,17H,1H3,(H,18,19,22)/p+1/b8-7+,15-4?. The molecule has 2 aromatic heterocycles. The van der Waals surface area contributed by atoms with E-state index < -0.39 is 0 Å². The molecule has 0 bridgehead atoms. The number of nitrogens with zero attached hydrogens (tertiary/aromatic N) is 3. The molecule has 1 aliphatic heterocycles. The number of nitrogens with two attached hydrogens (primary N) is 1. The van der Waals surface area contributed by atoms with Crippen LogP contribution in [0.25, 0.3) is 11.2 Å². The zero-order chi connectivity index (χ0) is 15.7. The highest BCUT2D eigenvalue weighted by molar-refractivity contribution is 7.71. The molecule has 2 aromatic rings. The molecule has 0 amide bonds. The van der Waals surface area contributed by atoms with E-state index in [9.17, 15) is 0 Å². The number of rotatable bonds is 3. The molecule has 4 N–H and O–H groups in total. The fourth-order valence-electron chi connectivity index (χ4n) is 2.02. The van der Waals surface area contributed by atoms with Gasteiger partial charge in [-0.2, -0.15) is 0 Å². The molecule has 9 heteroatoms. The molecule has 0 unspecified atom stereocenters. The molecular formula is C13H12ClN6OS+. The summed E-state index contributed by atoms with van der Waals surface area (Å²) in [5.74, 6) is 0.675. The Bertz CT molecular complexity index is 907. The van der Waals surface area contributed by atoms with Crippen molar-refractivity contribution in [1.82, 2.24) is 14.5 Å². The molecule has 0 atom stereocenters. The minimum Gasteiger partial charge on any atom is -0.446 e. The van der Waals surface area contributed by atoms with Gasteiger partial charge in [0.05, 0.1) is 24.8 Å². The number of quaternary nitrogens is 1. The van der Waals surface area contributed by atoms with Crippen LogP contribution < -0.4 is 10.1 Å². The van der Waals surface area contributed by atoms with Crippen LogP contribution >= 0.6 is 23.8 Å². The minimum atomic E-state index is 0.327. The lowest BCUT2D eigenvalue weighted by Crippen LogP contribution is -2.77. The molecule has 1 aliphatic rings. The monoisotopic (exact) mass is 335 g/mol. The van der Waals surface area contributed by atoms with Gasteiger partial charge in [0.2, 0.25) is 5.76 Å². The summed E-state index contributed by atoms with van der Waals surface area (Å²) in [6.45, 7) is 0. The van der Waals surface area contributed by atoms with Gasteiger partial charge in [0.1, 0.15) is 16.7 Å². The smallest absolute Gasteiger partial charge is 0.207 e. The van der Waals surface area contributed by atoms with Crippen molar-refractivity contribution in [3.05, 3.63) is 39.8 Å². The summed E-state index contributed by atoms with van der Waals surface area (Å²) in [5, 5.41) is 9.69. The number of hydrogen-bond donors (Lipinski definition) is 3. The van der Waals surface area contributed by atoms with Gasteiger partial charge in [0.15, 0.2) is 21.9 Å². The SMILES string of the molecule is Cn1c(=S)[nH]c2ncc(O/C(C=N)=C3\C=NC=C[NH2+]3)c(Cl)c21. The Hall–Kier alpha value is -2.29. The Morgan fingerprint density at radius 2 is 2.41 bits per heavy atom. The zero-order valence-corrected chi connectivity index (χ0v) is 13.1. The van der Waals surface area contributed by atoms with Gasteiger partial charge in [0, 0.05) is 7.05 Å². The zero-order valence-electron chi connectivity index (χ0n) is 11.5. The number of aromatic amines is 1. The van der Waals surface area contributed by atoms with Crippen LogP contribution in [0.3, 0.4) is 0 Å². The lowest BCUT2D eigenvalue weighted by atomic mass is 10.3.